The number of halogens is 2. The Morgan fingerprint density at radius 1 is 0.917 bits per heavy atom. The number of fused-ring (bicyclic) bond motifs is 1. The van der Waals surface area contributed by atoms with E-state index in [0.29, 0.717) is 6.04 Å². The summed E-state index contributed by atoms with van der Waals surface area (Å²) >= 11 is 0. The van der Waals surface area contributed by atoms with Gasteiger partial charge in [-0.3, -0.25) is 4.90 Å². The first-order chi connectivity index (χ1) is 10.7. The molecule has 2 aromatic carbocycles. The maximum atomic E-state index is 3.47. The second kappa shape index (κ2) is 10.2. The largest absolute Gasteiger partial charge is 0.314 e. The lowest BCUT2D eigenvalue weighted by atomic mass is 9.94. The van der Waals surface area contributed by atoms with E-state index in [1.165, 1.54) is 29.2 Å². The molecule has 1 heterocycles. The van der Waals surface area contributed by atoms with Gasteiger partial charge >= 0.3 is 0 Å². The Labute approximate surface area is 158 Å². The van der Waals surface area contributed by atoms with Gasteiger partial charge in [-0.05, 0) is 41.2 Å². The molecule has 2 aromatic rings. The molecule has 0 bridgehead atoms. The molecule has 4 heteroatoms. The topological polar surface area (TPSA) is 15.3 Å². The highest BCUT2D eigenvalue weighted by molar-refractivity contribution is 5.85. The maximum Gasteiger partial charge on any atom is 0.0349 e. The van der Waals surface area contributed by atoms with Gasteiger partial charge in [0.25, 0.3) is 0 Å². The van der Waals surface area contributed by atoms with Crippen molar-refractivity contribution in [2.45, 2.75) is 32.7 Å². The third kappa shape index (κ3) is 5.35. The molecule has 0 unspecified atom stereocenters. The van der Waals surface area contributed by atoms with E-state index in [1.54, 1.807) is 0 Å². The van der Waals surface area contributed by atoms with Crippen molar-refractivity contribution < 1.29 is 0 Å². The molecule has 0 aromatic heterocycles. The van der Waals surface area contributed by atoms with Gasteiger partial charge in [0.05, 0.1) is 0 Å². The van der Waals surface area contributed by atoms with E-state index in [2.05, 4.69) is 66.5 Å². The third-order valence-corrected chi connectivity index (χ3v) is 4.77. The number of nitrogens with one attached hydrogen (secondary N) is 1. The summed E-state index contributed by atoms with van der Waals surface area (Å²) in [7, 11) is 0. The summed E-state index contributed by atoms with van der Waals surface area (Å²) < 4.78 is 0. The molecule has 1 aliphatic rings. The summed E-state index contributed by atoms with van der Waals surface area (Å²) in [5, 5.41) is 6.18. The molecule has 0 aliphatic carbocycles. The highest BCUT2D eigenvalue weighted by atomic mass is 35.5. The van der Waals surface area contributed by atoms with E-state index in [9.17, 15) is 0 Å². The Bertz CT molecular complexity index is 609. The molecule has 134 valence electrons. The van der Waals surface area contributed by atoms with Gasteiger partial charge in [-0.15, -0.1) is 24.8 Å². The van der Waals surface area contributed by atoms with Gasteiger partial charge in [0.2, 0.25) is 0 Å². The van der Waals surface area contributed by atoms with Crippen LogP contribution in [-0.4, -0.2) is 31.1 Å². The Kier molecular flexibility index (Phi) is 9.07. The van der Waals surface area contributed by atoms with Crippen LogP contribution in [0.2, 0.25) is 0 Å². The van der Waals surface area contributed by atoms with Gasteiger partial charge in [-0.1, -0.05) is 50.2 Å². The van der Waals surface area contributed by atoms with E-state index in [4.69, 9.17) is 0 Å². The SMILES string of the molecule is CC(C)CC[C@H](c1ccc2ccccc2c1)N1CCNCC1.Cl.Cl. The number of rotatable bonds is 5. The molecule has 2 nitrogen and oxygen atoms in total. The fourth-order valence-electron chi connectivity index (χ4n) is 3.46. The van der Waals surface area contributed by atoms with Crippen molar-refractivity contribution in [1.82, 2.24) is 10.2 Å². The summed E-state index contributed by atoms with van der Waals surface area (Å²) in [6.07, 6.45) is 2.55. The summed E-state index contributed by atoms with van der Waals surface area (Å²) in [5.74, 6) is 0.769. The van der Waals surface area contributed by atoms with Gasteiger partial charge < -0.3 is 5.32 Å². The predicted octanol–water partition coefficient (Wildman–Crippen LogP) is 5.07. The van der Waals surface area contributed by atoms with E-state index >= 15 is 0 Å². The number of nitrogens with zero attached hydrogens (tertiary/aromatic N) is 1. The van der Waals surface area contributed by atoms with Crippen molar-refractivity contribution in [3.63, 3.8) is 0 Å². The summed E-state index contributed by atoms with van der Waals surface area (Å²) in [4.78, 5) is 2.67. The van der Waals surface area contributed by atoms with E-state index < -0.39 is 0 Å². The smallest absolute Gasteiger partial charge is 0.0349 e. The Morgan fingerprint density at radius 3 is 2.25 bits per heavy atom. The minimum absolute atomic E-state index is 0. The summed E-state index contributed by atoms with van der Waals surface area (Å²) in [6.45, 7) is 9.22. The quantitative estimate of drug-likeness (QED) is 0.792. The molecular weight excluding hydrogens is 339 g/mol. The van der Waals surface area contributed by atoms with Gasteiger partial charge in [-0.2, -0.15) is 0 Å². The van der Waals surface area contributed by atoms with Gasteiger partial charge in [0.15, 0.2) is 0 Å². The molecule has 0 radical (unpaired) electrons. The minimum atomic E-state index is 0. The summed E-state index contributed by atoms with van der Waals surface area (Å²) in [5.41, 5.74) is 1.49. The number of hydrogen-bond donors (Lipinski definition) is 1. The zero-order valence-corrected chi connectivity index (χ0v) is 16.3. The molecule has 1 saturated heterocycles. The average Bonchev–Trinajstić information content (AvgIpc) is 2.55. The van der Waals surface area contributed by atoms with Crippen molar-refractivity contribution in [3.8, 4) is 0 Å². The normalized spacial score (nSPS) is 16.5. The molecule has 3 rings (SSSR count). The predicted molar refractivity (Wildman–Crippen MR) is 110 cm³/mol. The Balaban J connectivity index is 0.00000144. The van der Waals surface area contributed by atoms with Crippen LogP contribution in [0.4, 0.5) is 0 Å². The molecule has 1 fully saturated rings. The third-order valence-electron chi connectivity index (χ3n) is 4.77. The molecule has 1 N–H and O–H groups in total. The number of benzene rings is 2. The van der Waals surface area contributed by atoms with Crippen LogP contribution < -0.4 is 5.32 Å². The van der Waals surface area contributed by atoms with Crippen molar-refractivity contribution in [2.75, 3.05) is 26.2 Å². The lowest BCUT2D eigenvalue weighted by Crippen LogP contribution is -2.45. The second-order valence-corrected chi connectivity index (χ2v) is 6.88. The molecular formula is C20H30Cl2N2. The highest BCUT2D eigenvalue weighted by Crippen LogP contribution is 2.30. The molecule has 0 amide bonds. The lowest BCUT2D eigenvalue weighted by Gasteiger charge is -2.36. The monoisotopic (exact) mass is 368 g/mol. The maximum absolute atomic E-state index is 3.47. The Hall–Kier alpha value is -0.800. The molecule has 1 atom stereocenters. The molecule has 24 heavy (non-hydrogen) atoms. The fourth-order valence-corrected chi connectivity index (χ4v) is 3.46. The highest BCUT2D eigenvalue weighted by Gasteiger charge is 2.22. The zero-order chi connectivity index (χ0) is 15.4. The number of hydrogen-bond acceptors (Lipinski definition) is 2. The number of piperazine rings is 1. The van der Waals surface area contributed by atoms with Crippen LogP contribution in [-0.2, 0) is 0 Å². The molecule has 0 saturated carbocycles. The van der Waals surface area contributed by atoms with E-state index in [1.807, 2.05) is 0 Å². The molecule has 0 spiro atoms. The van der Waals surface area contributed by atoms with Crippen molar-refractivity contribution in [3.05, 3.63) is 48.0 Å². The van der Waals surface area contributed by atoms with Crippen LogP contribution in [0.5, 0.6) is 0 Å². The van der Waals surface area contributed by atoms with Crippen molar-refractivity contribution in [1.29, 1.82) is 0 Å². The minimum Gasteiger partial charge on any atom is -0.314 e. The van der Waals surface area contributed by atoms with Crippen LogP contribution in [0, 0.1) is 5.92 Å². The van der Waals surface area contributed by atoms with Crippen molar-refractivity contribution >= 4 is 35.6 Å². The first-order valence-corrected chi connectivity index (χ1v) is 8.67. The van der Waals surface area contributed by atoms with Crippen LogP contribution >= 0.6 is 24.8 Å². The van der Waals surface area contributed by atoms with Crippen LogP contribution in [0.3, 0.4) is 0 Å². The van der Waals surface area contributed by atoms with Gasteiger partial charge in [0.1, 0.15) is 0 Å². The second-order valence-electron chi connectivity index (χ2n) is 6.88. The van der Waals surface area contributed by atoms with Gasteiger partial charge in [-0.25, -0.2) is 0 Å². The molecule has 1 aliphatic heterocycles. The first-order valence-electron chi connectivity index (χ1n) is 8.67. The Morgan fingerprint density at radius 2 is 1.58 bits per heavy atom. The van der Waals surface area contributed by atoms with Crippen molar-refractivity contribution in [2.24, 2.45) is 5.92 Å². The van der Waals surface area contributed by atoms with E-state index in [-0.39, 0.29) is 24.8 Å². The van der Waals surface area contributed by atoms with Crippen LogP contribution in [0.1, 0.15) is 38.3 Å². The first kappa shape index (κ1) is 21.2. The lowest BCUT2D eigenvalue weighted by molar-refractivity contribution is 0.160. The van der Waals surface area contributed by atoms with Gasteiger partial charge in [0, 0.05) is 32.2 Å². The fraction of sp³-hybridized carbons (Fsp3) is 0.500. The zero-order valence-electron chi connectivity index (χ0n) is 14.7. The summed E-state index contributed by atoms with van der Waals surface area (Å²) in [6, 6.07) is 16.3. The van der Waals surface area contributed by atoms with Crippen LogP contribution in [0.25, 0.3) is 10.8 Å². The average molecular weight is 369 g/mol. The van der Waals surface area contributed by atoms with Crippen LogP contribution in [0.15, 0.2) is 42.5 Å². The standard InChI is InChI=1S/C20H28N2.2ClH/c1-16(2)7-10-20(22-13-11-21-12-14-22)19-9-8-17-5-3-4-6-18(17)15-19;;/h3-6,8-9,15-16,20-21H,7,10-14H2,1-2H3;2*1H/t20-;;/m1../s1. The van der Waals surface area contributed by atoms with E-state index in [0.717, 1.165) is 32.1 Å².